The van der Waals surface area contributed by atoms with Crippen LogP contribution >= 0.6 is 0 Å². The van der Waals surface area contributed by atoms with Crippen molar-refractivity contribution in [2.75, 3.05) is 0 Å². The van der Waals surface area contributed by atoms with E-state index in [1.54, 1.807) is 0 Å². The monoisotopic (exact) mass is 165 g/mol. The summed E-state index contributed by atoms with van der Waals surface area (Å²) in [7, 11) is 0. The summed E-state index contributed by atoms with van der Waals surface area (Å²) in [6, 6.07) is 0. The van der Waals surface area contributed by atoms with Gasteiger partial charge in [0.2, 0.25) is 0 Å². The van der Waals surface area contributed by atoms with Gasteiger partial charge < -0.3 is 4.98 Å². The van der Waals surface area contributed by atoms with Gasteiger partial charge in [0, 0.05) is 12.4 Å². The average molecular weight is 165 g/mol. The fourth-order valence-corrected chi connectivity index (χ4v) is 1.53. The van der Waals surface area contributed by atoms with E-state index in [9.17, 15) is 0 Å². The van der Waals surface area contributed by atoms with Gasteiger partial charge in [0.05, 0.1) is 0 Å². The fourth-order valence-electron chi connectivity index (χ4n) is 1.53. The number of aromatic nitrogens is 1. The van der Waals surface area contributed by atoms with E-state index in [-0.39, 0.29) is 0 Å². The van der Waals surface area contributed by atoms with Crippen LogP contribution in [0.1, 0.15) is 57.1 Å². The van der Waals surface area contributed by atoms with Gasteiger partial charge in [-0.15, -0.1) is 0 Å². The van der Waals surface area contributed by atoms with E-state index in [1.807, 2.05) is 0 Å². The van der Waals surface area contributed by atoms with Gasteiger partial charge in [0.15, 0.2) is 0 Å². The molecule has 0 amide bonds. The van der Waals surface area contributed by atoms with E-state index >= 15 is 0 Å². The topological polar surface area (TPSA) is 15.8 Å². The lowest BCUT2D eigenvalue weighted by molar-refractivity contribution is 0.712. The molecule has 1 atom stereocenters. The van der Waals surface area contributed by atoms with Crippen molar-refractivity contribution >= 4 is 0 Å². The maximum atomic E-state index is 3.19. The molecule has 1 unspecified atom stereocenters. The predicted octanol–water partition coefficient (Wildman–Crippen LogP) is 3.65. The van der Waals surface area contributed by atoms with E-state index in [1.165, 1.54) is 17.5 Å². The number of rotatable bonds is 3. The van der Waals surface area contributed by atoms with Crippen molar-refractivity contribution in [3.8, 4) is 0 Å². The Morgan fingerprint density at radius 1 is 1.17 bits per heavy atom. The summed E-state index contributed by atoms with van der Waals surface area (Å²) in [6.45, 7) is 9.01. The molecule has 1 nitrogen and oxygen atoms in total. The van der Waals surface area contributed by atoms with Gasteiger partial charge >= 0.3 is 0 Å². The summed E-state index contributed by atoms with van der Waals surface area (Å²) in [5.74, 6) is 1.33. The Morgan fingerprint density at radius 2 is 1.75 bits per heavy atom. The van der Waals surface area contributed by atoms with E-state index in [4.69, 9.17) is 0 Å². The van der Waals surface area contributed by atoms with Crippen molar-refractivity contribution in [3.63, 3.8) is 0 Å². The average Bonchev–Trinajstić information content (AvgIpc) is 2.50. The van der Waals surface area contributed by atoms with Crippen molar-refractivity contribution in [2.24, 2.45) is 0 Å². The zero-order valence-electron chi connectivity index (χ0n) is 8.52. The first-order valence-electron chi connectivity index (χ1n) is 4.83. The third kappa shape index (κ3) is 1.71. The number of hydrogen-bond donors (Lipinski definition) is 1. The third-order valence-corrected chi connectivity index (χ3v) is 2.58. The summed E-state index contributed by atoms with van der Waals surface area (Å²) < 4.78 is 0. The Hall–Kier alpha value is -0.720. The quantitative estimate of drug-likeness (QED) is 0.703. The van der Waals surface area contributed by atoms with Crippen molar-refractivity contribution < 1.29 is 0 Å². The molecule has 0 aromatic carbocycles. The predicted molar refractivity (Wildman–Crippen MR) is 53.6 cm³/mol. The molecule has 1 aromatic rings. The highest BCUT2D eigenvalue weighted by molar-refractivity contribution is 5.29. The molecular weight excluding hydrogens is 146 g/mol. The van der Waals surface area contributed by atoms with Gasteiger partial charge in [-0.05, 0) is 29.4 Å². The molecule has 0 aliphatic rings. The van der Waals surface area contributed by atoms with Crippen LogP contribution in [0.4, 0.5) is 0 Å². The first-order chi connectivity index (χ1) is 5.66. The smallest absolute Gasteiger partial charge is 0.00430 e. The molecule has 1 aromatic heterocycles. The SMILES string of the molecule is CCC(C)c1c[nH]cc1C(C)C. The third-order valence-electron chi connectivity index (χ3n) is 2.58. The van der Waals surface area contributed by atoms with Crippen molar-refractivity contribution in [2.45, 2.75) is 46.0 Å². The molecule has 1 N–H and O–H groups in total. The summed E-state index contributed by atoms with van der Waals surface area (Å²) in [4.78, 5) is 3.19. The van der Waals surface area contributed by atoms with E-state index < -0.39 is 0 Å². The Bertz CT molecular complexity index is 235. The Kier molecular flexibility index (Phi) is 2.96. The molecule has 1 heteroatoms. The molecule has 0 radical (unpaired) electrons. The molecule has 0 fully saturated rings. The van der Waals surface area contributed by atoms with Gasteiger partial charge in [0.1, 0.15) is 0 Å². The van der Waals surface area contributed by atoms with Gasteiger partial charge in [-0.25, -0.2) is 0 Å². The van der Waals surface area contributed by atoms with Crippen LogP contribution in [0.2, 0.25) is 0 Å². The number of hydrogen-bond acceptors (Lipinski definition) is 0. The van der Waals surface area contributed by atoms with Gasteiger partial charge in [-0.3, -0.25) is 0 Å². The minimum Gasteiger partial charge on any atom is -0.367 e. The van der Waals surface area contributed by atoms with Crippen LogP contribution in [0.3, 0.4) is 0 Å². The number of nitrogens with one attached hydrogen (secondary N) is 1. The summed E-state index contributed by atoms with van der Waals surface area (Å²) >= 11 is 0. The first kappa shape index (κ1) is 9.37. The molecule has 0 aliphatic heterocycles. The summed E-state index contributed by atoms with van der Waals surface area (Å²) in [5.41, 5.74) is 2.97. The van der Waals surface area contributed by atoms with Crippen LogP contribution in [0.5, 0.6) is 0 Å². The molecule has 0 aliphatic carbocycles. The van der Waals surface area contributed by atoms with Crippen LogP contribution in [0.15, 0.2) is 12.4 Å². The van der Waals surface area contributed by atoms with Crippen LogP contribution in [0, 0.1) is 0 Å². The van der Waals surface area contributed by atoms with Crippen molar-refractivity contribution in [3.05, 3.63) is 23.5 Å². The highest BCUT2D eigenvalue weighted by Gasteiger charge is 2.11. The lowest BCUT2D eigenvalue weighted by atomic mass is 9.92. The molecule has 0 spiro atoms. The first-order valence-corrected chi connectivity index (χ1v) is 4.83. The van der Waals surface area contributed by atoms with Crippen molar-refractivity contribution in [1.29, 1.82) is 0 Å². The van der Waals surface area contributed by atoms with E-state index in [2.05, 4.69) is 45.1 Å². The minimum atomic E-state index is 0.639. The maximum Gasteiger partial charge on any atom is 0.00430 e. The van der Waals surface area contributed by atoms with Crippen LogP contribution in [0.25, 0.3) is 0 Å². The molecule has 0 saturated carbocycles. The molecule has 1 rings (SSSR count). The van der Waals surface area contributed by atoms with Crippen LogP contribution in [-0.2, 0) is 0 Å². The molecule has 68 valence electrons. The standard InChI is InChI=1S/C11H19N/c1-5-9(4)11-7-12-6-10(11)8(2)3/h6-9,12H,5H2,1-4H3. The summed E-state index contributed by atoms with van der Waals surface area (Å²) in [5, 5.41) is 0. The zero-order chi connectivity index (χ0) is 9.14. The Balaban J connectivity index is 2.91. The zero-order valence-corrected chi connectivity index (χ0v) is 8.52. The molecule has 0 bridgehead atoms. The lowest BCUT2D eigenvalue weighted by Crippen LogP contribution is -1.95. The van der Waals surface area contributed by atoms with E-state index in [0.717, 1.165) is 0 Å². The fraction of sp³-hybridized carbons (Fsp3) is 0.636. The second-order valence-electron chi connectivity index (χ2n) is 3.83. The molecule has 12 heavy (non-hydrogen) atoms. The molecule has 1 heterocycles. The molecule has 0 saturated heterocycles. The highest BCUT2D eigenvalue weighted by Crippen LogP contribution is 2.27. The van der Waals surface area contributed by atoms with Crippen LogP contribution in [-0.4, -0.2) is 4.98 Å². The molecular formula is C11H19N. The number of H-pyrrole nitrogens is 1. The lowest BCUT2D eigenvalue weighted by Gasteiger charge is -2.11. The van der Waals surface area contributed by atoms with Crippen LogP contribution < -0.4 is 0 Å². The largest absolute Gasteiger partial charge is 0.367 e. The minimum absolute atomic E-state index is 0.639. The summed E-state index contributed by atoms with van der Waals surface area (Å²) in [6.07, 6.45) is 5.49. The second-order valence-corrected chi connectivity index (χ2v) is 3.83. The highest BCUT2D eigenvalue weighted by atomic mass is 14.6. The van der Waals surface area contributed by atoms with Gasteiger partial charge in [0.25, 0.3) is 0 Å². The second kappa shape index (κ2) is 3.79. The Labute approximate surface area is 75.2 Å². The van der Waals surface area contributed by atoms with E-state index in [0.29, 0.717) is 11.8 Å². The Morgan fingerprint density at radius 3 is 2.25 bits per heavy atom. The maximum absolute atomic E-state index is 3.19. The normalized spacial score (nSPS) is 13.8. The van der Waals surface area contributed by atoms with Gasteiger partial charge in [-0.1, -0.05) is 27.7 Å². The van der Waals surface area contributed by atoms with Crippen molar-refractivity contribution in [1.82, 2.24) is 4.98 Å². The van der Waals surface area contributed by atoms with Gasteiger partial charge in [-0.2, -0.15) is 0 Å². The number of aromatic amines is 1.